The third-order valence-corrected chi connectivity index (χ3v) is 2.70. The zero-order valence-corrected chi connectivity index (χ0v) is 9.35. The van der Waals surface area contributed by atoms with E-state index in [1.807, 2.05) is 0 Å². The monoisotopic (exact) mass is 259 g/mol. The Kier molecular flexibility index (Phi) is 3.10. The van der Waals surface area contributed by atoms with Crippen molar-refractivity contribution in [2.45, 2.75) is 12.1 Å². The summed E-state index contributed by atoms with van der Waals surface area (Å²) in [6.07, 6.45) is -1.36. The second kappa shape index (κ2) is 4.40. The molecule has 0 aromatic heterocycles. The lowest BCUT2D eigenvalue weighted by molar-refractivity contribution is -0.141. The highest BCUT2D eigenvalue weighted by Gasteiger charge is 2.27. The second-order valence-corrected chi connectivity index (χ2v) is 3.95. The van der Waals surface area contributed by atoms with Crippen LogP contribution in [0.5, 0.6) is 11.5 Å². The minimum Gasteiger partial charge on any atom is -0.480 e. The number of rotatable bonds is 3. The van der Waals surface area contributed by atoms with Gasteiger partial charge in [-0.25, -0.2) is 0 Å². The van der Waals surface area contributed by atoms with Crippen molar-refractivity contribution < 1.29 is 24.5 Å². The summed E-state index contributed by atoms with van der Waals surface area (Å²) in [5, 5.41) is 18.7. The molecule has 6 nitrogen and oxygen atoms in total. The van der Waals surface area contributed by atoms with Crippen LogP contribution in [0.2, 0.25) is 5.02 Å². The molecule has 0 fully saturated rings. The van der Waals surface area contributed by atoms with E-state index in [0.717, 1.165) is 0 Å². The first-order chi connectivity index (χ1) is 8.00. The first-order valence-corrected chi connectivity index (χ1v) is 5.14. The molecule has 17 heavy (non-hydrogen) atoms. The molecule has 0 bridgehead atoms. The number of aliphatic hydroxyl groups excluding tert-OH is 1. The van der Waals surface area contributed by atoms with Gasteiger partial charge in [-0.2, -0.15) is 0 Å². The smallest absolute Gasteiger partial charge is 0.323 e. The number of carbonyl (C=O) groups is 1. The van der Waals surface area contributed by atoms with Crippen LogP contribution in [0, 0.1) is 0 Å². The fraction of sp³-hybridized carbons (Fsp3) is 0.300. The Hall–Kier alpha value is -1.50. The number of benzene rings is 1. The third-order valence-electron chi connectivity index (χ3n) is 2.42. The van der Waals surface area contributed by atoms with E-state index in [9.17, 15) is 9.90 Å². The van der Waals surface area contributed by atoms with Crippen LogP contribution in [0.3, 0.4) is 0 Å². The van der Waals surface area contributed by atoms with Crippen molar-refractivity contribution >= 4 is 17.6 Å². The van der Waals surface area contributed by atoms with E-state index in [1.54, 1.807) is 0 Å². The molecule has 2 unspecified atom stereocenters. The van der Waals surface area contributed by atoms with Crippen LogP contribution in [-0.2, 0) is 4.79 Å². The van der Waals surface area contributed by atoms with Gasteiger partial charge in [0, 0.05) is 0 Å². The molecule has 1 aliphatic heterocycles. The Morgan fingerprint density at radius 3 is 2.82 bits per heavy atom. The molecule has 0 aliphatic carbocycles. The number of aliphatic hydroxyl groups is 1. The van der Waals surface area contributed by atoms with Crippen LogP contribution in [-0.4, -0.2) is 29.0 Å². The Bertz CT molecular complexity index is 464. The minimum atomic E-state index is -1.42. The molecular formula is C10H10ClNO5. The Balaban J connectivity index is 2.34. The van der Waals surface area contributed by atoms with Gasteiger partial charge in [-0.05, 0) is 17.7 Å². The van der Waals surface area contributed by atoms with Crippen LogP contribution in [0.15, 0.2) is 12.1 Å². The van der Waals surface area contributed by atoms with Gasteiger partial charge in [0.2, 0.25) is 6.79 Å². The number of nitrogens with two attached hydrogens (primary N) is 1. The van der Waals surface area contributed by atoms with Crippen molar-refractivity contribution in [2.24, 2.45) is 5.73 Å². The van der Waals surface area contributed by atoms with Crippen LogP contribution < -0.4 is 15.2 Å². The predicted octanol–water partition coefficient (Wildman–Crippen LogP) is 0.514. The first-order valence-electron chi connectivity index (χ1n) is 4.76. The topological polar surface area (TPSA) is 102 Å². The van der Waals surface area contributed by atoms with Gasteiger partial charge >= 0.3 is 5.97 Å². The van der Waals surface area contributed by atoms with Crippen molar-refractivity contribution in [1.82, 2.24) is 0 Å². The number of aliphatic carboxylic acids is 1. The molecule has 0 saturated heterocycles. The summed E-state index contributed by atoms with van der Waals surface area (Å²) < 4.78 is 10.2. The maximum atomic E-state index is 10.7. The van der Waals surface area contributed by atoms with Gasteiger partial charge in [0.25, 0.3) is 0 Å². The molecule has 7 heteroatoms. The summed E-state index contributed by atoms with van der Waals surface area (Å²) in [5.74, 6) is -0.554. The van der Waals surface area contributed by atoms with Crippen molar-refractivity contribution in [1.29, 1.82) is 0 Å². The average molecular weight is 260 g/mol. The van der Waals surface area contributed by atoms with Gasteiger partial charge in [-0.1, -0.05) is 11.6 Å². The highest BCUT2D eigenvalue weighted by molar-refractivity contribution is 6.32. The largest absolute Gasteiger partial charge is 0.480 e. The number of ether oxygens (including phenoxy) is 2. The van der Waals surface area contributed by atoms with Crippen molar-refractivity contribution in [3.8, 4) is 11.5 Å². The summed E-state index contributed by atoms with van der Waals surface area (Å²) in [6.45, 7) is 0.0413. The van der Waals surface area contributed by atoms with Gasteiger partial charge in [0.15, 0.2) is 11.5 Å². The maximum absolute atomic E-state index is 10.7. The maximum Gasteiger partial charge on any atom is 0.323 e. The SMILES string of the molecule is NC(C(=O)O)C(O)c1cc(Cl)c2c(c1)OCO2. The number of hydrogen-bond acceptors (Lipinski definition) is 5. The number of carboxylic acid groups (broad SMARTS) is 1. The molecule has 2 rings (SSSR count). The normalized spacial score (nSPS) is 16.6. The van der Waals surface area contributed by atoms with Crippen molar-refractivity contribution in [3.05, 3.63) is 22.7 Å². The molecular weight excluding hydrogens is 250 g/mol. The number of carboxylic acids is 1. The zero-order chi connectivity index (χ0) is 12.6. The summed E-state index contributed by atoms with van der Waals surface area (Å²) in [7, 11) is 0. The van der Waals surface area contributed by atoms with Crippen LogP contribution in [0.4, 0.5) is 0 Å². The van der Waals surface area contributed by atoms with E-state index in [2.05, 4.69) is 0 Å². The van der Waals surface area contributed by atoms with Crippen LogP contribution in [0.1, 0.15) is 11.7 Å². The molecule has 1 aromatic rings. The van der Waals surface area contributed by atoms with Gasteiger partial charge in [0.05, 0.1) is 5.02 Å². The van der Waals surface area contributed by atoms with Gasteiger partial charge in [-0.3, -0.25) is 4.79 Å². The average Bonchev–Trinajstić information content (AvgIpc) is 2.75. The summed E-state index contributed by atoms with van der Waals surface area (Å²) in [5.41, 5.74) is 5.59. The van der Waals surface area contributed by atoms with E-state index >= 15 is 0 Å². The zero-order valence-electron chi connectivity index (χ0n) is 8.59. The molecule has 1 aromatic carbocycles. The van der Waals surface area contributed by atoms with Gasteiger partial charge in [-0.15, -0.1) is 0 Å². The predicted molar refractivity (Wildman–Crippen MR) is 58.1 cm³/mol. The quantitative estimate of drug-likeness (QED) is 0.731. The highest BCUT2D eigenvalue weighted by Crippen LogP contribution is 2.41. The summed E-state index contributed by atoms with van der Waals surface area (Å²) >= 11 is 5.90. The minimum absolute atomic E-state index is 0.0413. The number of hydrogen-bond donors (Lipinski definition) is 3. The molecule has 0 amide bonds. The molecule has 1 heterocycles. The fourth-order valence-electron chi connectivity index (χ4n) is 1.50. The van der Waals surface area contributed by atoms with Crippen LogP contribution in [0.25, 0.3) is 0 Å². The van der Waals surface area contributed by atoms with E-state index < -0.39 is 18.1 Å². The molecule has 1 aliphatic rings. The Morgan fingerprint density at radius 1 is 1.47 bits per heavy atom. The van der Waals surface area contributed by atoms with Gasteiger partial charge < -0.3 is 25.4 Å². The molecule has 2 atom stereocenters. The molecule has 92 valence electrons. The lowest BCUT2D eigenvalue weighted by atomic mass is 10.0. The number of halogens is 1. The Labute approximate surface area is 102 Å². The summed E-state index contributed by atoms with van der Waals surface area (Å²) in [4.78, 5) is 10.7. The van der Waals surface area contributed by atoms with Gasteiger partial charge in [0.1, 0.15) is 12.1 Å². The van der Waals surface area contributed by atoms with E-state index in [4.69, 9.17) is 31.9 Å². The fourth-order valence-corrected chi connectivity index (χ4v) is 1.77. The highest BCUT2D eigenvalue weighted by atomic mass is 35.5. The number of fused-ring (bicyclic) bond motifs is 1. The Morgan fingerprint density at radius 2 is 2.18 bits per heavy atom. The second-order valence-electron chi connectivity index (χ2n) is 3.55. The molecule has 0 radical (unpaired) electrons. The van der Waals surface area contributed by atoms with E-state index in [0.29, 0.717) is 11.5 Å². The third kappa shape index (κ3) is 2.14. The first kappa shape index (κ1) is 12.0. The van der Waals surface area contributed by atoms with Crippen molar-refractivity contribution in [3.63, 3.8) is 0 Å². The lowest BCUT2D eigenvalue weighted by Crippen LogP contribution is -2.36. The summed E-state index contributed by atoms with van der Waals surface area (Å²) in [6, 6.07) is 1.44. The molecule has 0 saturated carbocycles. The molecule has 0 spiro atoms. The van der Waals surface area contributed by atoms with E-state index in [1.165, 1.54) is 12.1 Å². The standard InChI is InChI=1S/C10H10ClNO5/c11-5-1-4(8(13)7(12)10(14)15)2-6-9(5)17-3-16-6/h1-2,7-8,13H,3,12H2,(H,14,15). The van der Waals surface area contributed by atoms with E-state index in [-0.39, 0.29) is 17.4 Å². The molecule has 4 N–H and O–H groups in total. The van der Waals surface area contributed by atoms with Crippen molar-refractivity contribution in [2.75, 3.05) is 6.79 Å². The lowest BCUT2D eigenvalue weighted by Gasteiger charge is -2.16. The van der Waals surface area contributed by atoms with Crippen LogP contribution >= 0.6 is 11.6 Å².